The molecule has 44 heavy (non-hydrogen) atoms. The van der Waals surface area contributed by atoms with E-state index in [1.807, 2.05) is 26.0 Å². The maximum atomic E-state index is 11.7. The molecule has 0 radical (unpaired) electrons. The molecule has 0 saturated carbocycles. The highest BCUT2D eigenvalue weighted by Gasteiger charge is 2.40. The van der Waals surface area contributed by atoms with Gasteiger partial charge in [-0.25, -0.2) is 21.4 Å². The second-order valence-electron chi connectivity index (χ2n) is 11.0. The Balaban J connectivity index is 1.53. The van der Waals surface area contributed by atoms with E-state index in [1.165, 1.54) is 12.1 Å². The maximum Gasteiger partial charge on any atom is 0.370 e. The van der Waals surface area contributed by atoms with Crippen LogP contribution in [0.5, 0.6) is 0 Å². The average Bonchev–Trinajstić information content (AvgIpc) is 3.43. The van der Waals surface area contributed by atoms with Gasteiger partial charge in [-0.3, -0.25) is 4.79 Å². The van der Waals surface area contributed by atoms with Crippen molar-refractivity contribution in [1.82, 2.24) is 4.98 Å². The van der Waals surface area contributed by atoms with Crippen molar-refractivity contribution in [2.75, 3.05) is 17.2 Å². The lowest BCUT2D eigenvalue weighted by Crippen LogP contribution is -2.35. The molecule has 12 nitrogen and oxygen atoms in total. The van der Waals surface area contributed by atoms with Crippen molar-refractivity contribution in [2.24, 2.45) is 0 Å². The molecule has 14 heteroatoms. The van der Waals surface area contributed by atoms with Gasteiger partial charge in [0.15, 0.2) is 0 Å². The molecular weight excluding hydrogens is 610 g/mol. The summed E-state index contributed by atoms with van der Waals surface area (Å²) in [6.07, 6.45) is 12.9. The van der Waals surface area contributed by atoms with Gasteiger partial charge in [0.2, 0.25) is 5.58 Å². The number of hydrogen-bond donors (Lipinski definition) is 1. The first-order valence-electron chi connectivity index (χ1n) is 14.0. The second-order valence-corrected chi connectivity index (χ2v) is 13.9. The first-order chi connectivity index (χ1) is 20.7. The van der Waals surface area contributed by atoms with Crippen LogP contribution in [-0.4, -0.2) is 54.3 Å². The van der Waals surface area contributed by atoms with E-state index < -0.39 is 37.4 Å². The van der Waals surface area contributed by atoms with Crippen molar-refractivity contribution in [3.63, 3.8) is 0 Å². The van der Waals surface area contributed by atoms with Gasteiger partial charge in [-0.05, 0) is 61.2 Å². The molecule has 0 spiro atoms. The number of anilines is 1. The van der Waals surface area contributed by atoms with E-state index in [9.17, 15) is 30.7 Å². The first-order valence-corrected chi connectivity index (χ1v) is 17.0. The van der Waals surface area contributed by atoms with E-state index in [2.05, 4.69) is 9.88 Å². The highest BCUT2D eigenvalue weighted by Crippen LogP contribution is 2.48. The van der Waals surface area contributed by atoms with Crippen LogP contribution in [-0.2, 0) is 37.0 Å². The summed E-state index contributed by atoms with van der Waals surface area (Å²) in [5.74, 6) is -0.977. The molecular formula is C30H34N3O9S2-. The number of nitrogens with zero attached hydrogens (tertiary/aromatic N) is 3. The molecule has 0 bridgehead atoms. The third kappa shape index (κ3) is 8.20. The number of unbranched alkanes of at least 4 members (excludes halogenated alkanes) is 2. The predicted molar refractivity (Wildman–Crippen MR) is 161 cm³/mol. The number of aliphatic carboxylic acids is 1. The number of rotatable bonds is 14. The Morgan fingerprint density at radius 1 is 1.07 bits per heavy atom. The Hall–Kier alpha value is -3.85. The Bertz CT molecular complexity index is 1840. The SMILES string of the molecule is CC1(C)/C(=C/C=C/C=C/c2nc3c(ccc[n+]3CCCS(=O)(=O)[O-])o2)N(CCCCCC(=O)O)c2ccc(S(=O)(=O)[O-])cc21. The lowest BCUT2D eigenvalue weighted by molar-refractivity contribution is -0.673. The number of benzene rings is 1. The minimum absolute atomic E-state index is 0.0937. The summed E-state index contributed by atoms with van der Waals surface area (Å²) in [5.41, 5.74) is 2.80. The van der Waals surface area contributed by atoms with Gasteiger partial charge in [-0.15, -0.1) is 0 Å². The Morgan fingerprint density at radius 2 is 1.84 bits per heavy atom. The monoisotopic (exact) mass is 644 g/mol. The molecule has 3 heterocycles. The summed E-state index contributed by atoms with van der Waals surface area (Å²) in [7, 11) is -8.94. The first kappa shape index (κ1) is 33.1. The number of carboxylic acid groups (broad SMARTS) is 1. The van der Waals surface area contributed by atoms with E-state index in [0.717, 1.165) is 17.8 Å². The quantitative estimate of drug-likeness (QED) is 0.116. The van der Waals surface area contributed by atoms with Crippen LogP contribution in [0.3, 0.4) is 0 Å². The highest BCUT2D eigenvalue weighted by atomic mass is 32.2. The van der Waals surface area contributed by atoms with Gasteiger partial charge < -0.3 is 23.5 Å². The molecule has 1 N–H and O–H groups in total. The van der Waals surface area contributed by atoms with E-state index >= 15 is 0 Å². The fraction of sp³-hybridized carbons (Fsp3) is 0.367. The van der Waals surface area contributed by atoms with Crippen molar-refractivity contribution < 1.29 is 44.8 Å². The number of aromatic nitrogens is 2. The summed E-state index contributed by atoms with van der Waals surface area (Å²) < 4.78 is 75.5. The van der Waals surface area contributed by atoms with Crippen LogP contribution in [0.1, 0.15) is 57.4 Å². The van der Waals surface area contributed by atoms with Crippen LogP contribution < -0.4 is 9.47 Å². The van der Waals surface area contributed by atoms with E-state index in [-0.39, 0.29) is 17.7 Å². The third-order valence-corrected chi connectivity index (χ3v) is 8.99. The second kappa shape index (κ2) is 13.4. The summed E-state index contributed by atoms with van der Waals surface area (Å²) in [4.78, 5) is 17.1. The highest BCUT2D eigenvalue weighted by molar-refractivity contribution is 7.86. The maximum absolute atomic E-state index is 11.7. The summed E-state index contributed by atoms with van der Waals surface area (Å²) in [5, 5.41) is 8.93. The molecule has 2 aromatic heterocycles. The number of hydrogen-bond acceptors (Lipinski definition) is 10. The zero-order valence-corrected chi connectivity index (χ0v) is 26.0. The van der Waals surface area contributed by atoms with E-state index in [1.54, 1.807) is 47.2 Å². The molecule has 3 aromatic rings. The van der Waals surface area contributed by atoms with Crippen molar-refractivity contribution in [3.05, 3.63) is 78.0 Å². The molecule has 236 valence electrons. The van der Waals surface area contributed by atoms with Crippen LogP contribution in [0.4, 0.5) is 5.69 Å². The van der Waals surface area contributed by atoms with Gasteiger partial charge in [-0.1, -0.05) is 38.5 Å². The van der Waals surface area contributed by atoms with Gasteiger partial charge in [0.05, 0.1) is 27.8 Å². The van der Waals surface area contributed by atoms with Crippen molar-refractivity contribution >= 4 is 49.2 Å². The molecule has 0 unspecified atom stereocenters. The van der Waals surface area contributed by atoms with E-state index in [4.69, 9.17) is 9.52 Å². The number of fused-ring (bicyclic) bond motifs is 2. The molecule has 1 aliphatic rings. The average molecular weight is 645 g/mol. The largest absolute Gasteiger partial charge is 0.748 e. The molecule has 1 aromatic carbocycles. The van der Waals surface area contributed by atoms with Crippen LogP contribution in [0.2, 0.25) is 0 Å². The number of oxazole rings is 1. The number of pyridine rings is 1. The van der Waals surface area contributed by atoms with Gasteiger partial charge in [0.1, 0.15) is 10.1 Å². The summed E-state index contributed by atoms with van der Waals surface area (Å²) >= 11 is 0. The minimum Gasteiger partial charge on any atom is -0.748 e. The molecule has 1 aliphatic heterocycles. The van der Waals surface area contributed by atoms with Crippen LogP contribution in [0, 0.1) is 0 Å². The fourth-order valence-corrected chi connectivity index (χ4v) is 6.23. The smallest absolute Gasteiger partial charge is 0.370 e. The van der Waals surface area contributed by atoms with Crippen molar-refractivity contribution in [1.29, 1.82) is 0 Å². The number of aryl methyl sites for hydroxylation is 1. The van der Waals surface area contributed by atoms with Gasteiger partial charge in [0, 0.05) is 46.6 Å². The van der Waals surface area contributed by atoms with Crippen molar-refractivity contribution in [3.8, 4) is 0 Å². The van der Waals surface area contributed by atoms with Crippen LogP contribution in [0.25, 0.3) is 17.3 Å². The zero-order valence-electron chi connectivity index (χ0n) is 24.4. The zero-order chi connectivity index (χ0) is 32.1. The molecule has 0 fully saturated rings. The molecule has 0 amide bonds. The fourth-order valence-electron chi connectivity index (χ4n) is 5.25. The molecule has 0 saturated heterocycles. The lowest BCUT2D eigenvalue weighted by Gasteiger charge is -2.27. The van der Waals surface area contributed by atoms with Gasteiger partial charge in [0.25, 0.3) is 0 Å². The number of carboxylic acids is 1. The lowest BCUT2D eigenvalue weighted by atomic mass is 9.83. The normalized spacial score (nSPS) is 16.1. The van der Waals surface area contributed by atoms with Gasteiger partial charge in [-0.2, -0.15) is 0 Å². The third-order valence-electron chi connectivity index (χ3n) is 7.37. The standard InChI is InChI=1S/C30H35N3O9S2/c1-30(2)23-21-22(44(39,40)41)15-16-24(23)33(19-8-4-7-14-28(34)35)26(30)12-5-3-6-13-27-31-29-25(42-27)11-9-17-32(29)18-10-20-43(36,37)38/h3,5-6,9,11-13,15-17,21H,4,7-8,10,14,18-20H2,1-2H3,(H2-,34,35,36,37,38,39,40,41)/p-1. The molecule has 4 rings (SSSR count). The molecule has 0 atom stereocenters. The Kier molecular flexibility index (Phi) is 10.1. The van der Waals surface area contributed by atoms with Crippen molar-refractivity contribution in [2.45, 2.75) is 62.8 Å². The van der Waals surface area contributed by atoms with Crippen LogP contribution in [0.15, 0.2) is 75.8 Å². The number of carbonyl (C=O) groups is 1. The van der Waals surface area contributed by atoms with Crippen LogP contribution >= 0.6 is 0 Å². The predicted octanol–water partition coefficient (Wildman–Crippen LogP) is 3.85. The van der Waals surface area contributed by atoms with Gasteiger partial charge >= 0.3 is 17.5 Å². The Morgan fingerprint density at radius 3 is 2.55 bits per heavy atom. The minimum atomic E-state index is -4.64. The summed E-state index contributed by atoms with van der Waals surface area (Å²) in [6, 6.07) is 7.86. The Labute approximate surface area is 256 Å². The number of allylic oxidation sites excluding steroid dienone is 5. The topological polar surface area (TPSA) is 185 Å². The molecule has 0 aliphatic carbocycles. The summed E-state index contributed by atoms with van der Waals surface area (Å²) in [6.45, 7) is 4.78. The van der Waals surface area contributed by atoms with E-state index in [0.29, 0.717) is 48.6 Å².